The third kappa shape index (κ3) is 4.59. The predicted molar refractivity (Wildman–Crippen MR) is 80.5 cm³/mol. The second-order valence-corrected chi connectivity index (χ2v) is 5.62. The molecule has 0 N–H and O–H groups in total. The average molecular weight is 328 g/mol. The SMILES string of the molecule is CCCCCCCCC(CC)(C(F)(F)F)C(OC)(OC)OC. The highest BCUT2D eigenvalue weighted by atomic mass is 19.4. The number of alkyl halides is 3. The lowest BCUT2D eigenvalue weighted by Gasteiger charge is -2.47. The number of hydrogen-bond acceptors (Lipinski definition) is 3. The second kappa shape index (κ2) is 9.73. The van der Waals surface area contributed by atoms with Crippen molar-refractivity contribution in [3.8, 4) is 0 Å². The van der Waals surface area contributed by atoms with Gasteiger partial charge in [0.25, 0.3) is 5.97 Å². The molecule has 0 aromatic heterocycles. The summed E-state index contributed by atoms with van der Waals surface area (Å²) in [4.78, 5) is 0. The summed E-state index contributed by atoms with van der Waals surface area (Å²) in [5.74, 6) is -2.11. The average Bonchev–Trinajstić information content (AvgIpc) is 2.49. The Labute approximate surface area is 132 Å². The van der Waals surface area contributed by atoms with Gasteiger partial charge < -0.3 is 14.2 Å². The molecule has 0 rings (SSSR count). The highest BCUT2D eigenvalue weighted by Gasteiger charge is 2.67. The third-order valence-electron chi connectivity index (χ3n) is 4.50. The second-order valence-electron chi connectivity index (χ2n) is 5.62. The number of unbranched alkanes of at least 4 members (excludes halogenated alkanes) is 5. The summed E-state index contributed by atoms with van der Waals surface area (Å²) < 4.78 is 56.6. The van der Waals surface area contributed by atoms with Gasteiger partial charge in [0.2, 0.25) is 0 Å². The molecule has 0 fully saturated rings. The van der Waals surface area contributed by atoms with E-state index in [9.17, 15) is 13.2 Å². The van der Waals surface area contributed by atoms with Crippen LogP contribution in [0.4, 0.5) is 13.2 Å². The van der Waals surface area contributed by atoms with E-state index in [-0.39, 0.29) is 12.8 Å². The molecule has 1 unspecified atom stereocenters. The summed E-state index contributed by atoms with van der Waals surface area (Å²) >= 11 is 0. The van der Waals surface area contributed by atoms with Crippen molar-refractivity contribution < 1.29 is 27.4 Å². The highest BCUT2D eigenvalue weighted by Crippen LogP contribution is 2.54. The Morgan fingerprint density at radius 1 is 0.727 bits per heavy atom. The van der Waals surface area contributed by atoms with E-state index in [4.69, 9.17) is 14.2 Å². The van der Waals surface area contributed by atoms with Gasteiger partial charge in [-0.05, 0) is 12.8 Å². The maximum absolute atomic E-state index is 13.8. The van der Waals surface area contributed by atoms with E-state index >= 15 is 0 Å². The van der Waals surface area contributed by atoms with E-state index in [0.717, 1.165) is 32.1 Å². The fraction of sp³-hybridized carbons (Fsp3) is 1.00. The van der Waals surface area contributed by atoms with Crippen LogP contribution in [0.25, 0.3) is 0 Å². The van der Waals surface area contributed by atoms with Crippen LogP contribution in [0.1, 0.15) is 65.2 Å². The summed E-state index contributed by atoms with van der Waals surface area (Å²) in [6.45, 7) is 3.60. The zero-order chi connectivity index (χ0) is 17.3. The lowest BCUT2D eigenvalue weighted by atomic mass is 9.76. The molecule has 22 heavy (non-hydrogen) atoms. The van der Waals surface area contributed by atoms with Crippen molar-refractivity contribution in [1.82, 2.24) is 0 Å². The van der Waals surface area contributed by atoms with E-state index in [1.165, 1.54) is 28.3 Å². The fourth-order valence-corrected chi connectivity index (χ4v) is 3.11. The van der Waals surface area contributed by atoms with Gasteiger partial charge >= 0.3 is 6.18 Å². The Bertz CT molecular complexity index is 283. The lowest BCUT2D eigenvalue weighted by Crippen LogP contribution is -2.60. The molecular weight excluding hydrogens is 297 g/mol. The summed E-state index contributed by atoms with van der Waals surface area (Å²) in [7, 11) is 3.55. The molecule has 0 spiro atoms. The van der Waals surface area contributed by atoms with Crippen LogP contribution in [0, 0.1) is 5.41 Å². The van der Waals surface area contributed by atoms with Crippen molar-refractivity contribution in [1.29, 1.82) is 0 Å². The molecular formula is C16H31F3O3. The summed E-state index contributed by atoms with van der Waals surface area (Å²) in [6, 6.07) is 0. The zero-order valence-corrected chi connectivity index (χ0v) is 14.5. The molecule has 134 valence electrons. The summed E-state index contributed by atoms with van der Waals surface area (Å²) in [6.07, 6.45) is 0.762. The Morgan fingerprint density at radius 2 is 1.18 bits per heavy atom. The van der Waals surface area contributed by atoms with Crippen molar-refractivity contribution in [2.75, 3.05) is 21.3 Å². The normalized spacial score (nSPS) is 15.8. The molecule has 0 saturated heterocycles. The molecule has 1 atom stereocenters. The Morgan fingerprint density at radius 3 is 1.55 bits per heavy atom. The zero-order valence-electron chi connectivity index (χ0n) is 14.5. The van der Waals surface area contributed by atoms with Crippen molar-refractivity contribution >= 4 is 0 Å². The van der Waals surface area contributed by atoms with E-state index in [1.54, 1.807) is 0 Å². The summed E-state index contributed by atoms with van der Waals surface area (Å²) in [5.41, 5.74) is -2.18. The number of methoxy groups -OCH3 is 3. The van der Waals surface area contributed by atoms with E-state index < -0.39 is 17.6 Å². The van der Waals surface area contributed by atoms with Crippen LogP contribution < -0.4 is 0 Å². The maximum atomic E-state index is 13.8. The van der Waals surface area contributed by atoms with Gasteiger partial charge in [-0.15, -0.1) is 0 Å². The molecule has 0 aromatic carbocycles. The molecule has 0 aliphatic rings. The van der Waals surface area contributed by atoms with Gasteiger partial charge in [0.15, 0.2) is 0 Å². The minimum Gasteiger partial charge on any atom is -0.330 e. The van der Waals surface area contributed by atoms with Crippen molar-refractivity contribution in [3.05, 3.63) is 0 Å². The first-order valence-electron chi connectivity index (χ1n) is 8.03. The van der Waals surface area contributed by atoms with Crippen LogP contribution in [-0.4, -0.2) is 33.5 Å². The Balaban J connectivity index is 5.11. The van der Waals surface area contributed by atoms with Gasteiger partial charge in [0, 0.05) is 21.3 Å². The third-order valence-corrected chi connectivity index (χ3v) is 4.50. The minimum absolute atomic E-state index is 0.0748. The fourth-order valence-electron chi connectivity index (χ4n) is 3.11. The first-order chi connectivity index (χ1) is 10.3. The molecule has 3 nitrogen and oxygen atoms in total. The predicted octanol–water partition coefficient (Wildman–Crippen LogP) is 5.29. The quantitative estimate of drug-likeness (QED) is 0.360. The Kier molecular flexibility index (Phi) is 9.58. The molecule has 0 radical (unpaired) electrons. The van der Waals surface area contributed by atoms with Gasteiger partial charge in [0.1, 0.15) is 5.41 Å². The van der Waals surface area contributed by atoms with Crippen molar-refractivity contribution in [2.24, 2.45) is 5.41 Å². The number of halogens is 3. The van der Waals surface area contributed by atoms with Gasteiger partial charge in [-0.25, -0.2) is 0 Å². The molecule has 0 amide bonds. The summed E-state index contributed by atoms with van der Waals surface area (Å²) in [5, 5.41) is 0. The molecule has 0 heterocycles. The topological polar surface area (TPSA) is 27.7 Å². The van der Waals surface area contributed by atoms with Crippen LogP contribution in [-0.2, 0) is 14.2 Å². The number of rotatable bonds is 12. The van der Waals surface area contributed by atoms with Crippen molar-refractivity contribution in [2.45, 2.75) is 77.4 Å². The molecule has 0 saturated carbocycles. The van der Waals surface area contributed by atoms with Crippen LogP contribution >= 0.6 is 0 Å². The molecule has 6 heteroatoms. The number of ether oxygens (including phenoxy) is 3. The first kappa shape index (κ1) is 21.7. The highest BCUT2D eigenvalue weighted by molar-refractivity contribution is 4.94. The largest absolute Gasteiger partial charge is 0.402 e. The van der Waals surface area contributed by atoms with Gasteiger partial charge in [0.05, 0.1) is 0 Å². The maximum Gasteiger partial charge on any atom is 0.402 e. The molecule has 0 aromatic rings. The smallest absolute Gasteiger partial charge is 0.330 e. The molecule has 0 bridgehead atoms. The van der Waals surface area contributed by atoms with Crippen LogP contribution in [0.3, 0.4) is 0 Å². The first-order valence-corrected chi connectivity index (χ1v) is 8.03. The molecule has 0 aliphatic carbocycles. The monoisotopic (exact) mass is 328 g/mol. The van der Waals surface area contributed by atoms with Crippen LogP contribution in [0.15, 0.2) is 0 Å². The van der Waals surface area contributed by atoms with Gasteiger partial charge in [-0.3, -0.25) is 0 Å². The minimum atomic E-state index is -4.48. The number of hydrogen-bond donors (Lipinski definition) is 0. The van der Waals surface area contributed by atoms with E-state index in [0.29, 0.717) is 6.42 Å². The molecule has 0 aliphatic heterocycles. The van der Waals surface area contributed by atoms with E-state index in [2.05, 4.69) is 6.92 Å². The Hall–Kier alpha value is -0.330. The lowest BCUT2D eigenvalue weighted by molar-refractivity contribution is -0.455. The van der Waals surface area contributed by atoms with Crippen LogP contribution in [0.5, 0.6) is 0 Å². The van der Waals surface area contributed by atoms with Gasteiger partial charge in [-0.1, -0.05) is 52.4 Å². The van der Waals surface area contributed by atoms with E-state index in [1.807, 2.05) is 0 Å². The van der Waals surface area contributed by atoms with Crippen molar-refractivity contribution in [3.63, 3.8) is 0 Å². The standard InChI is InChI=1S/C16H31F3O3/c1-6-8-9-10-11-12-13-14(7-2,15(17,18)19)16(20-3,21-4)22-5/h6-13H2,1-5H3. The van der Waals surface area contributed by atoms with Gasteiger partial charge in [-0.2, -0.15) is 13.2 Å². The van der Waals surface area contributed by atoms with Crippen LogP contribution in [0.2, 0.25) is 0 Å².